The zero-order valence-electron chi connectivity index (χ0n) is 14.2. The Morgan fingerprint density at radius 3 is 2.62 bits per heavy atom. The number of nitrogens with one attached hydrogen (secondary N) is 2. The molecule has 26 heavy (non-hydrogen) atoms. The standard InChI is InChI=1S/C19H18ClN3O2S/c1-25-14-8-6-13(7-9-14)10-22-18(24)16-4-2-3-5-17(16)21-11-15-12-23-19(20)26-15/h2-9,12,21H,10-11H2,1H3,(H,22,24). The smallest absolute Gasteiger partial charge is 0.253 e. The molecule has 7 heteroatoms. The van der Waals surface area contributed by atoms with Gasteiger partial charge < -0.3 is 15.4 Å². The molecule has 0 bridgehead atoms. The molecule has 0 fully saturated rings. The van der Waals surface area contributed by atoms with Gasteiger partial charge in [-0.3, -0.25) is 4.79 Å². The highest BCUT2D eigenvalue weighted by Gasteiger charge is 2.11. The highest BCUT2D eigenvalue weighted by Crippen LogP contribution is 2.21. The third-order valence-corrected chi connectivity index (χ3v) is 4.88. The first-order valence-corrected chi connectivity index (χ1v) is 9.19. The van der Waals surface area contributed by atoms with Crippen LogP contribution in [0.4, 0.5) is 5.69 Å². The fourth-order valence-electron chi connectivity index (χ4n) is 2.40. The lowest BCUT2D eigenvalue weighted by Crippen LogP contribution is -2.23. The van der Waals surface area contributed by atoms with E-state index in [1.54, 1.807) is 19.4 Å². The number of methoxy groups -OCH3 is 1. The molecule has 5 nitrogen and oxygen atoms in total. The van der Waals surface area contributed by atoms with Crippen LogP contribution in [0, 0.1) is 0 Å². The monoisotopic (exact) mass is 387 g/mol. The molecule has 0 aliphatic heterocycles. The van der Waals surface area contributed by atoms with Crippen molar-refractivity contribution < 1.29 is 9.53 Å². The molecule has 3 aromatic rings. The maximum atomic E-state index is 12.6. The minimum atomic E-state index is -0.133. The zero-order chi connectivity index (χ0) is 18.4. The number of hydrogen-bond donors (Lipinski definition) is 2. The van der Waals surface area contributed by atoms with Crippen LogP contribution in [0.2, 0.25) is 4.47 Å². The topological polar surface area (TPSA) is 63.2 Å². The number of hydrogen-bond acceptors (Lipinski definition) is 5. The van der Waals surface area contributed by atoms with Gasteiger partial charge in [0.1, 0.15) is 5.75 Å². The lowest BCUT2D eigenvalue weighted by Gasteiger charge is -2.12. The average Bonchev–Trinajstić information content (AvgIpc) is 3.10. The second-order valence-corrected chi connectivity index (χ2v) is 7.21. The van der Waals surface area contributed by atoms with Gasteiger partial charge >= 0.3 is 0 Å². The van der Waals surface area contributed by atoms with Crippen molar-refractivity contribution in [1.29, 1.82) is 0 Å². The number of nitrogens with zero attached hydrogens (tertiary/aromatic N) is 1. The van der Waals surface area contributed by atoms with Crippen molar-refractivity contribution in [2.75, 3.05) is 12.4 Å². The van der Waals surface area contributed by atoms with Gasteiger partial charge in [-0.1, -0.05) is 35.9 Å². The Kier molecular flexibility index (Phi) is 6.09. The largest absolute Gasteiger partial charge is 0.497 e. The lowest BCUT2D eigenvalue weighted by molar-refractivity contribution is 0.0951. The summed E-state index contributed by atoms with van der Waals surface area (Å²) in [7, 11) is 1.63. The van der Waals surface area contributed by atoms with E-state index in [9.17, 15) is 4.79 Å². The van der Waals surface area contributed by atoms with Gasteiger partial charge in [0, 0.05) is 23.3 Å². The minimum Gasteiger partial charge on any atom is -0.497 e. The van der Waals surface area contributed by atoms with Crippen molar-refractivity contribution >= 4 is 34.5 Å². The molecule has 0 aliphatic rings. The van der Waals surface area contributed by atoms with E-state index in [1.165, 1.54) is 11.3 Å². The van der Waals surface area contributed by atoms with E-state index in [4.69, 9.17) is 16.3 Å². The average molecular weight is 388 g/mol. The van der Waals surface area contributed by atoms with E-state index in [1.807, 2.05) is 42.5 Å². The maximum absolute atomic E-state index is 12.6. The summed E-state index contributed by atoms with van der Waals surface area (Å²) in [4.78, 5) is 17.6. The number of benzene rings is 2. The molecule has 2 N–H and O–H groups in total. The molecule has 0 atom stereocenters. The third kappa shape index (κ3) is 4.74. The molecule has 0 saturated heterocycles. The molecule has 134 valence electrons. The summed E-state index contributed by atoms with van der Waals surface area (Å²) in [6.07, 6.45) is 1.73. The second kappa shape index (κ2) is 8.69. The van der Waals surface area contributed by atoms with Crippen LogP contribution in [0.5, 0.6) is 5.75 Å². The Bertz CT molecular complexity index is 881. The number of rotatable bonds is 7. The lowest BCUT2D eigenvalue weighted by atomic mass is 10.1. The molecule has 3 rings (SSSR count). The predicted molar refractivity (Wildman–Crippen MR) is 105 cm³/mol. The highest BCUT2D eigenvalue weighted by atomic mass is 35.5. The first-order chi connectivity index (χ1) is 12.7. The Morgan fingerprint density at radius 1 is 1.15 bits per heavy atom. The Balaban J connectivity index is 1.63. The van der Waals surface area contributed by atoms with Crippen LogP contribution in [0.25, 0.3) is 0 Å². The Hall–Kier alpha value is -2.57. The summed E-state index contributed by atoms with van der Waals surface area (Å²) < 4.78 is 5.64. The van der Waals surface area contributed by atoms with Gasteiger partial charge in [-0.05, 0) is 29.8 Å². The van der Waals surface area contributed by atoms with Crippen LogP contribution in [0.3, 0.4) is 0 Å². The summed E-state index contributed by atoms with van der Waals surface area (Å²) >= 11 is 7.26. The van der Waals surface area contributed by atoms with Crippen LogP contribution in [-0.2, 0) is 13.1 Å². The van der Waals surface area contributed by atoms with Crippen molar-refractivity contribution in [2.24, 2.45) is 0 Å². The number of ether oxygens (including phenoxy) is 1. The summed E-state index contributed by atoms with van der Waals surface area (Å²) in [5, 5.41) is 6.22. The predicted octanol–water partition coefficient (Wildman–Crippen LogP) is 4.35. The molecule has 0 unspecified atom stereocenters. The summed E-state index contributed by atoms with van der Waals surface area (Å²) in [6, 6.07) is 15.0. The fraction of sp³-hybridized carbons (Fsp3) is 0.158. The SMILES string of the molecule is COc1ccc(CNC(=O)c2ccccc2NCc2cnc(Cl)s2)cc1. The van der Waals surface area contributed by atoms with Crippen molar-refractivity contribution in [3.05, 3.63) is 75.2 Å². The van der Waals surface area contributed by atoms with Crippen LogP contribution >= 0.6 is 22.9 Å². The maximum Gasteiger partial charge on any atom is 0.253 e. The zero-order valence-corrected chi connectivity index (χ0v) is 15.7. The highest BCUT2D eigenvalue weighted by molar-refractivity contribution is 7.15. The molecule has 1 heterocycles. The van der Waals surface area contributed by atoms with E-state index in [2.05, 4.69) is 15.6 Å². The normalized spacial score (nSPS) is 10.4. The number of carbonyl (C=O) groups excluding carboxylic acids is 1. The number of aromatic nitrogens is 1. The van der Waals surface area contributed by atoms with E-state index in [0.29, 0.717) is 23.1 Å². The van der Waals surface area contributed by atoms with Crippen LogP contribution in [0.15, 0.2) is 54.7 Å². The molecule has 0 saturated carbocycles. The van der Waals surface area contributed by atoms with Crippen LogP contribution < -0.4 is 15.4 Å². The molecule has 1 aromatic heterocycles. The number of carbonyl (C=O) groups is 1. The van der Waals surface area contributed by atoms with Crippen LogP contribution in [-0.4, -0.2) is 18.0 Å². The quantitative estimate of drug-likeness (QED) is 0.632. The molecule has 1 amide bonds. The molecule has 0 radical (unpaired) electrons. The minimum absolute atomic E-state index is 0.133. The number of amides is 1. The first-order valence-electron chi connectivity index (χ1n) is 8.00. The van der Waals surface area contributed by atoms with Gasteiger partial charge in [-0.25, -0.2) is 4.98 Å². The fourth-order valence-corrected chi connectivity index (χ4v) is 3.32. The van der Waals surface area contributed by atoms with Crippen molar-refractivity contribution in [2.45, 2.75) is 13.1 Å². The van der Waals surface area contributed by atoms with Gasteiger partial charge in [0.05, 0.1) is 19.2 Å². The molecule has 2 aromatic carbocycles. The van der Waals surface area contributed by atoms with Gasteiger partial charge in [-0.15, -0.1) is 11.3 Å². The summed E-state index contributed by atoms with van der Waals surface area (Å²) in [5.41, 5.74) is 2.37. The molecular formula is C19H18ClN3O2S. The first kappa shape index (κ1) is 18.2. The van der Waals surface area contributed by atoms with Crippen molar-refractivity contribution in [3.63, 3.8) is 0 Å². The van der Waals surface area contributed by atoms with Gasteiger partial charge in [0.2, 0.25) is 0 Å². The van der Waals surface area contributed by atoms with Crippen molar-refractivity contribution in [3.8, 4) is 5.75 Å². The number of para-hydroxylation sites is 1. The molecule has 0 spiro atoms. The number of halogens is 1. The molecule has 0 aliphatic carbocycles. The van der Waals surface area contributed by atoms with Crippen LogP contribution in [0.1, 0.15) is 20.8 Å². The van der Waals surface area contributed by atoms with E-state index < -0.39 is 0 Å². The van der Waals surface area contributed by atoms with Gasteiger partial charge in [-0.2, -0.15) is 0 Å². The summed E-state index contributed by atoms with van der Waals surface area (Å²) in [6.45, 7) is 1.01. The number of anilines is 1. The number of thiazole rings is 1. The third-order valence-electron chi connectivity index (χ3n) is 3.76. The Labute approximate surface area is 161 Å². The van der Waals surface area contributed by atoms with Crippen molar-refractivity contribution in [1.82, 2.24) is 10.3 Å². The molecular weight excluding hydrogens is 370 g/mol. The summed E-state index contributed by atoms with van der Waals surface area (Å²) in [5.74, 6) is 0.657. The van der Waals surface area contributed by atoms with Gasteiger partial charge in [0.25, 0.3) is 5.91 Å². The second-order valence-electron chi connectivity index (χ2n) is 5.51. The van der Waals surface area contributed by atoms with E-state index >= 15 is 0 Å². The Morgan fingerprint density at radius 2 is 1.92 bits per heavy atom. The van der Waals surface area contributed by atoms with Gasteiger partial charge in [0.15, 0.2) is 4.47 Å². The van der Waals surface area contributed by atoms with E-state index in [-0.39, 0.29) is 5.91 Å². The van der Waals surface area contributed by atoms with E-state index in [0.717, 1.165) is 21.9 Å².